The minimum absolute atomic E-state index is 0.211. The molecule has 116 valence electrons. The highest BCUT2D eigenvalue weighted by Crippen LogP contribution is 2.70. The molecule has 1 aromatic carbocycles. The van der Waals surface area contributed by atoms with Gasteiger partial charge in [-0.1, -0.05) is 42.6 Å². The molecule has 0 amide bonds. The highest BCUT2D eigenvalue weighted by Gasteiger charge is 2.71. The van der Waals surface area contributed by atoms with Crippen LogP contribution in [0, 0.1) is 5.41 Å². The van der Waals surface area contributed by atoms with E-state index in [-0.39, 0.29) is 10.8 Å². The van der Waals surface area contributed by atoms with Gasteiger partial charge in [0.2, 0.25) is 0 Å². The molecule has 1 aliphatic carbocycles. The molecule has 2 aliphatic rings. The summed E-state index contributed by atoms with van der Waals surface area (Å²) in [5.41, 5.74) is 1.76. The Labute approximate surface area is 137 Å². The van der Waals surface area contributed by atoms with Crippen LogP contribution in [0.15, 0.2) is 18.2 Å². The Balaban J connectivity index is 1.97. The predicted octanol–water partition coefficient (Wildman–Crippen LogP) is 4.43. The maximum absolute atomic E-state index is 6.25. The lowest BCUT2D eigenvalue weighted by atomic mass is 9.77. The van der Waals surface area contributed by atoms with E-state index < -0.39 is 0 Å². The third-order valence-corrected chi connectivity index (χ3v) is 6.28. The second kappa shape index (κ2) is 5.73. The van der Waals surface area contributed by atoms with Gasteiger partial charge in [0.15, 0.2) is 0 Å². The van der Waals surface area contributed by atoms with Gasteiger partial charge in [-0.25, -0.2) is 0 Å². The SMILES string of the molecule is CCC[C@H](OC)C12CNCC[C@@]1(c1ccc(Cl)c(Cl)c1)C2. The van der Waals surface area contributed by atoms with Crippen LogP contribution in [-0.2, 0) is 10.2 Å². The number of hydrogen-bond donors (Lipinski definition) is 1. The first kappa shape index (κ1) is 15.6. The molecule has 1 heterocycles. The van der Waals surface area contributed by atoms with Crippen LogP contribution < -0.4 is 5.32 Å². The number of piperidine rings is 1. The maximum Gasteiger partial charge on any atom is 0.0648 e. The smallest absolute Gasteiger partial charge is 0.0648 e. The molecule has 1 saturated carbocycles. The lowest BCUT2D eigenvalue weighted by molar-refractivity contribution is 0.0150. The lowest BCUT2D eigenvalue weighted by Gasteiger charge is -2.36. The summed E-state index contributed by atoms with van der Waals surface area (Å²) in [4.78, 5) is 0. The average Bonchev–Trinajstić information content (AvgIpc) is 3.19. The molecule has 3 rings (SSSR count). The molecule has 4 heteroatoms. The zero-order valence-electron chi connectivity index (χ0n) is 12.7. The summed E-state index contributed by atoms with van der Waals surface area (Å²) in [6.45, 7) is 4.32. The van der Waals surface area contributed by atoms with Gasteiger partial charge in [-0.05, 0) is 43.5 Å². The molecule has 1 unspecified atom stereocenters. The van der Waals surface area contributed by atoms with E-state index in [1.54, 1.807) is 0 Å². The van der Waals surface area contributed by atoms with E-state index in [0.717, 1.165) is 32.4 Å². The molecule has 21 heavy (non-hydrogen) atoms. The standard InChI is InChI=1S/C17H23Cl2NO/c1-3-4-15(21-2)17-10-16(17,7-8-20-11-17)12-5-6-13(18)14(19)9-12/h5-6,9,15,20H,3-4,7-8,10-11H2,1-2H3/t15-,16-,17?/m0/s1. The van der Waals surface area contributed by atoms with E-state index >= 15 is 0 Å². The molecule has 0 bridgehead atoms. The van der Waals surface area contributed by atoms with Crippen molar-refractivity contribution >= 4 is 23.2 Å². The number of fused-ring (bicyclic) bond motifs is 1. The molecular formula is C17H23Cl2NO. The predicted molar refractivity (Wildman–Crippen MR) is 88.4 cm³/mol. The second-order valence-corrected chi connectivity index (χ2v) is 7.30. The molecule has 0 spiro atoms. The Hall–Kier alpha value is -0.280. The summed E-state index contributed by atoms with van der Waals surface area (Å²) >= 11 is 12.3. The van der Waals surface area contributed by atoms with Crippen LogP contribution in [0.25, 0.3) is 0 Å². The minimum atomic E-state index is 0.211. The summed E-state index contributed by atoms with van der Waals surface area (Å²) in [7, 11) is 1.85. The van der Waals surface area contributed by atoms with E-state index in [9.17, 15) is 0 Å². The summed E-state index contributed by atoms with van der Waals surface area (Å²) in [5, 5.41) is 4.86. The van der Waals surface area contributed by atoms with E-state index in [2.05, 4.69) is 24.4 Å². The number of rotatable bonds is 5. The van der Waals surface area contributed by atoms with Gasteiger partial charge in [-0.2, -0.15) is 0 Å². The van der Waals surface area contributed by atoms with Gasteiger partial charge in [0, 0.05) is 24.5 Å². The van der Waals surface area contributed by atoms with Crippen molar-refractivity contribution in [2.24, 2.45) is 5.41 Å². The first-order valence-corrected chi connectivity index (χ1v) is 8.54. The zero-order chi connectivity index (χ0) is 15.1. The summed E-state index contributed by atoms with van der Waals surface area (Å²) in [6, 6.07) is 6.15. The van der Waals surface area contributed by atoms with Gasteiger partial charge in [0.05, 0.1) is 16.1 Å². The molecule has 1 aromatic rings. The number of nitrogens with one attached hydrogen (secondary N) is 1. The number of benzene rings is 1. The van der Waals surface area contributed by atoms with Crippen molar-refractivity contribution in [1.29, 1.82) is 0 Å². The topological polar surface area (TPSA) is 21.3 Å². The van der Waals surface area contributed by atoms with Crippen LogP contribution in [0.4, 0.5) is 0 Å². The molecule has 1 aliphatic heterocycles. The van der Waals surface area contributed by atoms with Crippen molar-refractivity contribution in [2.75, 3.05) is 20.2 Å². The van der Waals surface area contributed by atoms with Gasteiger partial charge in [-0.3, -0.25) is 0 Å². The molecule has 0 radical (unpaired) electrons. The minimum Gasteiger partial charge on any atom is -0.381 e. The number of hydrogen-bond acceptors (Lipinski definition) is 2. The van der Waals surface area contributed by atoms with Gasteiger partial charge in [0.1, 0.15) is 0 Å². The third kappa shape index (κ3) is 2.31. The van der Waals surface area contributed by atoms with Crippen LogP contribution in [-0.4, -0.2) is 26.3 Å². The first-order chi connectivity index (χ1) is 10.1. The van der Waals surface area contributed by atoms with Crippen molar-refractivity contribution in [1.82, 2.24) is 5.32 Å². The molecule has 3 atom stereocenters. The van der Waals surface area contributed by atoms with Gasteiger partial charge in [-0.15, -0.1) is 0 Å². The monoisotopic (exact) mass is 327 g/mol. The molecule has 1 saturated heterocycles. The van der Waals surface area contributed by atoms with E-state index in [1.807, 2.05) is 13.2 Å². The fraction of sp³-hybridized carbons (Fsp3) is 0.647. The van der Waals surface area contributed by atoms with Crippen LogP contribution in [0.2, 0.25) is 10.0 Å². The fourth-order valence-electron chi connectivity index (χ4n) is 4.42. The van der Waals surface area contributed by atoms with E-state index in [1.165, 1.54) is 12.0 Å². The van der Waals surface area contributed by atoms with Crippen LogP contribution >= 0.6 is 23.2 Å². The van der Waals surface area contributed by atoms with Crippen molar-refractivity contribution in [3.05, 3.63) is 33.8 Å². The molecular weight excluding hydrogens is 305 g/mol. The lowest BCUT2D eigenvalue weighted by Crippen LogP contribution is -2.45. The largest absolute Gasteiger partial charge is 0.381 e. The van der Waals surface area contributed by atoms with Crippen LogP contribution in [0.3, 0.4) is 0 Å². The molecule has 2 fully saturated rings. The highest BCUT2D eigenvalue weighted by atomic mass is 35.5. The summed E-state index contributed by atoms with van der Waals surface area (Å²) in [5.74, 6) is 0. The Kier molecular flexibility index (Phi) is 4.26. The normalized spacial score (nSPS) is 32.6. The van der Waals surface area contributed by atoms with E-state index in [4.69, 9.17) is 27.9 Å². The fourth-order valence-corrected chi connectivity index (χ4v) is 4.72. The highest BCUT2D eigenvalue weighted by molar-refractivity contribution is 6.42. The molecule has 2 nitrogen and oxygen atoms in total. The number of ether oxygens (including phenoxy) is 1. The molecule has 1 N–H and O–H groups in total. The zero-order valence-corrected chi connectivity index (χ0v) is 14.2. The Bertz CT molecular complexity index is 536. The van der Waals surface area contributed by atoms with Crippen molar-refractivity contribution < 1.29 is 4.74 Å². The van der Waals surface area contributed by atoms with Crippen LogP contribution in [0.5, 0.6) is 0 Å². The Morgan fingerprint density at radius 1 is 1.33 bits per heavy atom. The van der Waals surface area contributed by atoms with Crippen molar-refractivity contribution in [2.45, 2.75) is 44.1 Å². The number of methoxy groups -OCH3 is 1. The Morgan fingerprint density at radius 3 is 2.81 bits per heavy atom. The van der Waals surface area contributed by atoms with Crippen molar-refractivity contribution in [3.63, 3.8) is 0 Å². The second-order valence-electron chi connectivity index (χ2n) is 6.48. The van der Waals surface area contributed by atoms with E-state index in [0.29, 0.717) is 16.1 Å². The average molecular weight is 328 g/mol. The van der Waals surface area contributed by atoms with Crippen molar-refractivity contribution in [3.8, 4) is 0 Å². The first-order valence-electron chi connectivity index (χ1n) is 7.79. The van der Waals surface area contributed by atoms with Gasteiger partial charge in [0.25, 0.3) is 0 Å². The summed E-state index contributed by atoms with van der Waals surface area (Å²) < 4.78 is 5.88. The quantitative estimate of drug-likeness (QED) is 0.863. The summed E-state index contributed by atoms with van der Waals surface area (Å²) in [6.07, 6.45) is 4.90. The Morgan fingerprint density at radius 2 is 2.14 bits per heavy atom. The third-order valence-electron chi connectivity index (χ3n) is 5.54. The number of halogens is 2. The van der Waals surface area contributed by atoms with Gasteiger partial charge < -0.3 is 10.1 Å². The molecule has 0 aromatic heterocycles. The van der Waals surface area contributed by atoms with Crippen LogP contribution in [0.1, 0.15) is 38.2 Å². The van der Waals surface area contributed by atoms with Gasteiger partial charge >= 0.3 is 0 Å². The maximum atomic E-state index is 6.25.